The van der Waals surface area contributed by atoms with Crippen LogP contribution in [0.4, 0.5) is 11.6 Å². The summed E-state index contributed by atoms with van der Waals surface area (Å²) >= 11 is 0. The molecule has 1 aliphatic heterocycles. The Morgan fingerprint density at radius 3 is 2.47 bits per heavy atom. The summed E-state index contributed by atoms with van der Waals surface area (Å²) < 4.78 is 16.2. The van der Waals surface area contributed by atoms with Crippen LogP contribution in [0.3, 0.4) is 0 Å². The molecule has 1 saturated heterocycles. The molecule has 4 heterocycles. The van der Waals surface area contributed by atoms with Crippen molar-refractivity contribution in [2.45, 2.75) is 19.4 Å². The normalized spacial score (nSPS) is 13.8. The van der Waals surface area contributed by atoms with Gasteiger partial charge in [-0.2, -0.15) is 10.2 Å². The van der Waals surface area contributed by atoms with Crippen LogP contribution >= 0.6 is 0 Å². The number of furan rings is 2. The molecule has 0 aliphatic carbocycles. The number of aromatic nitrogens is 1. The van der Waals surface area contributed by atoms with Gasteiger partial charge in [-0.1, -0.05) is 12.1 Å². The fraction of sp³-hybridized carbons (Fsp3) is 0.231. The van der Waals surface area contributed by atoms with E-state index in [0.717, 1.165) is 5.56 Å². The minimum Gasteiger partial charge on any atom is -0.459 e. The van der Waals surface area contributed by atoms with E-state index >= 15 is 0 Å². The number of nitriles is 1. The highest BCUT2D eigenvalue weighted by molar-refractivity contribution is 6.02. The molecule has 1 aromatic carbocycles. The summed E-state index contributed by atoms with van der Waals surface area (Å²) in [5.41, 5.74) is 1.76. The number of amides is 2. The molecule has 1 aliphatic rings. The van der Waals surface area contributed by atoms with E-state index in [0.29, 0.717) is 49.8 Å². The first-order valence-corrected chi connectivity index (χ1v) is 11.5. The lowest BCUT2D eigenvalue weighted by atomic mass is 9.96. The van der Waals surface area contributed by atoms with Gasteiger partial charge in [-0.25, -0.2) is 0 Å². The zero-order valence-electron chi connectivity index (χ0n) is 19.3. The summed E-state index contributed by atoms with van der Waals surface area (Å²) in [6.45, 7) is 1.53. The van der Waals surface area contributed by atoms with Crippen LogP contribution < -0.4 is 15.5 Å². The zero-order valence-corrected chi connectivity index (χ0v) is 19.3. The fourth-order valence-electron chi connectivity index (χ4n) is 4.09. The molecule has 182 valence electrons. The SMILES string of the molecule is N#Cc1nc(-c2ccco2)oc1N1CCC(C(=O)NCc2ccc(NC(=O)c3ccco3)cc2)CC1. The zero-order chi connectivity index (χ0) is 24.9. The average Bonchev–Trinajstić information content (AvgIpc) is 3.69. The second-order valence-corrected chi connectivity index (χ2v) is 8.37. The van der Waals surface area contributed by atoms with Crippen LogP contribution in [0.15, 0.2) is 74.3 Å². The van der Waals surface area contributed by atoms with E-state index in [4.69, 9.17) is 13.3 Å². The van der Waals surface area contributed by atoms with Crippen molar-refractivity contribution in [2.24, 2.45) is 5.92 Å². The van der Waals surface area contributed by atoms with Crippen LogP contribution in [0.2, 0.25) is 0 Å². The van der Waals surface area contributed by atoms with Gasteiger partial charge in [0.05, 0.1) is 12.5 Å². The van der Waals surface area contributed by atoms with E-state index in [1.165, 1.54) is 12.5 Å². The van der Waals surface area contributed by atoms with E-state index < -0.39 is 0 Å². The summed E-state index contributed by atoms with van der Waals surface area (Å²) in [5, 5.41) is 15.2. The fourth-order valence-corrected chi connectivity index (χ4v) is 4.09. The maximum atomic E-state index is 12.7. The first-order valence-electron chi connectivity index (χ1n) is 11.5. The van der Waals surface area contributed by atoms with Gasteiger partial charge in [0.1, 0.15) is 6.07 Å². The number of oxazole rings is 1. The van der Waals surface area contributed by atoms with Gasteiger partial charge in [-0.3, -0.25) is 9.59 Å². The van der Waals surface area contributed by atoms with Gasteiger partial charge in [0.2, 0.25) is 17.5 Å². The van der Waals surface area contributed by atoms with E-state index in [1.807, 2.05) is 17.0 Å². The second-order valence-electron chi connectivity index (χ2n) is 8.37. The molecule has 2 N–H and O–H groups in total. The number of anilines is 2. The van der Waals surface area contributed by atoms with E-state index in [1.54, 1.807) is 36.4 Å². The van der Waals surface area contributed by atoms with E-state index in [2.05, 4.69) is 21.7 Å². The summed E-state index contributed by atoms with van der Waals surface area (Å²) in [6, 6.07) is 16.0. The average molecular weight is 486 g/mol. The van der Waals surface area contributed by atoms with Crippen LogP contribution in [0.1, 0.15) is 34.7 Å². The predicted molar refractivity (Wildman–Crippen MR) is 129 cm³/mol. The van der Waals surface area contributed by atoms with Crippen LogP contribution in [-0.2, 0) is 11.3 Å². The number of benzene rings is 1. The van der Waals surface area contributed by atoms with Crippen molar-refractivity contribution in [1.29, 1.82) is 5.26 Å². The Morgan fingerprint density at radius 1 is 1.06 bits per heavy atom. The number of nitrogens with zero attached hydrogens (tertiary/aromatic N) is 3. The van der Waals surface area contributed by atoms with Crippen molar-refractivity contribution in [3.63, 3.8) is 0 Å². The molecule has 2 amide bonds. The van der Waals surface area contributed by atoms with Gasteiger partial charge in [0.15, 0.2) is 11.5 Å². The van der Waals surface area contributed by atoms with Crippen molar-refractivity contribution in [2.75, 3.05) is 23.3 Å². The number of carbonyl (C=O) groups is 2. The number of carbonyl (C=O) groups excluding carboxylic acids is 2. The quantitative estimate of drug-likeness (QED) is 0.398. The molecule has 0 spiro atoms. The van der Waals surface area contributed by atoms with Crippen LogP contribution in [0.25, 0.3) is 11.7 Å². The molecule has 5 rings (SSSR count). The van der Waals surface area contributed by atoms with E-state index in [9.17, 15) is 14.9 Å². The lowest BCUT2D eigenvalue weighted by Gasteiger charge is -2.31. The highest BCUT2D eigenvalue weighted by Gasteiger charge is 2.29. The summed E-state index contributed by atoms with van der Waals surface area (Å²) in [6.07, 6.45) is 4.22. The van der Waals surface area contributed by atoms with Crippen molar-refractivity contribution >= 4 is 23.4 Å². The maximum Gasteiger partial charge on any atom is 0.291 e. The Bertz CT molecular complexity index is 1360. The molecular formula is C26H23N5O5. The van der Waals surface area contributed by atoms with Crippen LogP contribution in [0.5, 0.6) is 0 Å². The second kappa shape index (κ2) is 10.2. The third-order valence-corrected chi connectivity index (χ3v) is 6.02. The lowest BCUT2D eigenvalue weighted by Crippen LogP contribution is -2.40. The predicted octanol–water partition coefficient (Wildman–Crippen LogP) is 4.18. The molecule has 36 heavy (non-hydrogen) atoms. The summed E-state index contributed by atoms with van der Waals surface area (Å²) in [4.78, 5) is 31.0. The highest BCUT2D eigenvalue weighted by Crippen LogP contribution is 2.31. The Hall–Kier alpha value is -4.78. The van der Waals surface area contributed by atoms with Crippen molar-refractivity contribution < 1.29 is 22.8 Å². The molecular weight excluding hydrogens is 462 g/mol. The molecule has 0 bridgehead atoms. The molecule has 0 atom stereocenters. The molecule has 0 unspecified atom stereocenters. The van der Waals surface area contributed by atoms with Crippen molar-refractivity contribution in [3.05, 3.63) is 78.1 Å². The lowest BCUT2D eigenvalue weighted by molar-refractivity contribution is -0.125. The minimum atomic E-state index is -0.322. The number of hydrogen-bond acceptors (Lipinski definition) is 8. The van der Waals surface area contributed by atoms with Gasteiger partial charge in [-0.15, -0.1) is 0 Å². The van der Waals surface area contributed by atoms with E-state index in [-0.39, 0.29) is 35.1 Å². The monoisotopic (exact) mass is 485 g/mol. The van der Waals surface area contributed by atoms with Gasteiger partial charge in [0, 0.05) is 31.2 Å². The van der Waals surface area contributed by atoms with Gasteiger partial charge < -0.3 is 28.8 Å². The first kappa shape index (κ1) is 23.0. The number of rotatable bonds is 7. The molecule has 4 aromatic rings. The Balaban J connectivity index is 1.11. The van der Waals surface area contributed by atoms with Crippen LogP contribution in [0, 0.1) is 17.2 Å². The number of hydrogen-bond donors (Lipinski definition) is 2. The van der Waals surface area contributed by atoms with Gasteiger partial charge in [-0.05, 0) is 54.8 Å². The molecule has 0 radical (unpaired) electrons. The first-order chi connectivity index (χ1) is 17.6. The molecule has 0 saturated carbocycles. The van der Waals surface area contributed by atoms with Crippen LogP contribution in [-0.4, -0.2) is 29.9 Å². The maximum absolute atomic E-state index is 12.7. The molecule has 10 heteroatoms. The summed E-state index contributed by atoms with van der Waals surface area (Å²) in [7, 11) is 0. The molecule has 3 aromatic heterocycles. The van der Waals surface area contributed by atoms with Gasteiger partial charge >= 0.3 is 0 Å². The third kappa shape index (κ3) is 5.00. The Morgan fingerprint density at radius 2 is 1.81 bits per heavy atom. The van der Waals surface area contributed by atoms with Gasteiger partial charge in [0.25, 0.3) is 11.8 Å². The number of piperidine rings is 1. The highest BCUT2D eigenvalue weighted by atomic mass is 16.4. The Kier molecular flexibility index (Phi) is 6.53. The topological polar surface area (TPSA) is 138 Å². The number of nitrogens with one attached hydrogen (secondary N) is 2. The molecule has 1 fully saturated rings. The largest absolute Gasteiger partial charge is 0.459 e. The van der Waals surface area contributed by atoms with Crippen molar-refractivity contribution in [3.8, 4) is 17.7 Å². The minimum absolute atomic E-state index is 0.0146. The third-order valence-electron chi connectivity index (χ3n) is 6.02. The van der Waals surface area contributed by atoms with Crippen molar-refractivity contribution in [1.82, 2.24) is 10.3 Å². The standard InChI is InChI=1S/C26H23N5O5/c27-15-20-26(36-25(30-20)22-4-2-14-35-22)31-11-9-18(10-12-31)23(32)28-16-17-5-7-19(8-6-17)29-24(33)21-3-1-13-34-21/h1-8,13-14,18H,9-12,16H2,(H,28,32)(H,29,33). The smallest absolute Gasteiger partial charge is 0.291 e. The Labute approximate surface area is 206 Å². The molecule has 10 nitrogen and oxygen atoms in total. The summed E-state index contributed by atoms with van der Waals surface area (Å²) in [5.74, 6) is 0.893.